The SMILES string of the molecule is Cc1cc(CNc2ccc(Cl)nc2)c2ccccc2n1. The van der Waals surface area contributed by atoms with Crippen LogP contribution in [0.3, 0.4) is 0 Å². The summed E-state index contributed by atoms with van der Waals surface area (Å²) in [6.07, 6.45) is 1.73. The van der Waals surface area contributed by atoms with Gasteiger partial charge in [0.15, 0.2) is 0 Å². The summed E-state index contributed by atoms with van der Waals surface area (Å²) in [5.74, 6) is 0. The van der Waals surface area contributed by atoms with Gasteiger partial charge in [0.1, 0.15) is 5.15 Å². The van der Waals surface area contributed by atoms with Crippen LogP contribution in [-0.2, 0) is 6.54 Å². The maximum atomic E-state index is 5.78. The topological polar surface area (TPSA) is 37.8 Å². The predicted molar refractivity (Wildman–Crippen MR) is 83.1 cm³/mol. The first-order chi connectivity index (χ1) is 9.72. The number of para-hydroxylation sites is 1. The number of hydrogen-bond acceptors (Lipinski definition) is 3. The van der Waals surface area contributed by atoms with Gasteiger partial charge >= 0.3 is 0 Å². The number of fused-ring (bicyclic) bond motifs is 1. The summed E-state index contributed by atoms with van der Waals surface area (Å²) in [6, 6.07) is 14.0. The van der Waals surface area contributed by atoms with E-state index in [0.29, 0.717) is 5.15 Å². The number of rotatable bonds is 3. The Kier molecular flexibility index (Phi) is 3.52. The highest BCUT2D eigenvalue weighted by Crippen LogP contribution is 2.19. The van der Waals surface area contributed by atoms with Gasteiger partial charge in [-0.25, -0.2) is 4.98 Å². The molecule has 0 saturated heterocycles. The second-order valence-corrected chi connectivity index (χ2v) is 5.05. The van der Waals surface area contributed by atoms with E-state index in [9.17, 15) is 0 Å². The van der Waals surface area contributed by atoms with Gasteiger partial charge in [-0.15, -0.1) is 0 Å². The lowest BCUT2D eigenvalue weighted by atomic mass is 10.1. The highest BCUT2D eigenvalue weighted by atomic mass is 35.5. The highest BCUT2D eigenvalue weighted by Gasteiger charge is 2.03. The summed E-state index contributed by atoms with van der Waals surface area (Å²) in [5.41, 5.74) is 4.23. The summed E-state index contributed by atoms with van der Waals surface area (Å²) in [4.78, 5) is 8.61. The molecule has 0 aliphatic heterocycles. The number of nitrogens with zero attached hydrogens (tertiary/aromatic N) is 2. The standard InChI is InChI=1S/C16H14ClN3/c1-11-8-12(14-4-2-3-5-15(14)20-11)9-18-13-6-7-16(17)19-10-13/h2-8,10,18H,9H2,1H3. The van der Waals surface area contributed by atoms with E-state index in [-0.39, 0.29) is 0 Å². The molecule has 0 amide bonds. The van der Waals surface area contributed by atoms with Crippen LogP contribution in [0.25, 0.3) is 10.9 Å². The number of anilines is 1. The van der Waals surface area contributed by atoms with Crippen molar-refractivity contribution in [2.75, 3.05) is 5.32 Å². The van der Waals surface area contributed by atoms with E-state index in [0.717, 1.165) is 23.4 Å². The summed E-state index contributed by atoms with van der Waals surface area (Å²) < 4.78 is 0. The van der Waals surface area contributed by atoms with E-state index in [1.54, 1.807) is 12.3 Å². The third-order valence-corrected chi connectivity index (χ3v) is 3.36. The molecular weight excluding hydrogens is 270 g/mol. The Hall–Kier alpha value is -2.13. The second kappa shape index (κ2) is 5.47. The third kappa shape index (κ3) is 2.73. The first-order valence-electron chi connectivity index (χ1n) is 6.43. The Balaban J connectivity index is 1.88. The largest absolute Gasteiger partial charge is 0.380 e. The van der Waals surface area contributed by atoms with Crippen molar-refractivity contribution in [2.45, 2.75) is 13.5 Å². The number of nitrogens with one attached hydrogen (secondary N) is 1. The molecule has 0 aliphatic rings. The minimum absolute atomic E-state index is 0.501. The number of pyridine rings is 2. The van der Waals surface area contributed by atoms with Crippen molar-refractivity contribution in [1.82, 2.24) is 9.97 Å². The lowest BCUT2D eigenvalue weighted by molar-refractivity contribution is 1.12. The zero-order chi connectivity index (χ0) is 13.9. The fourth-order valence-electron chi connectivity index (χ4n) is 2.22. The van der Waals surface area contributed by atoms with Crippen LogP contribution in [0.15, 0.2) is 48.7 Å². The monoisotopic (exact) mass is 283 g/mol. The van der Waals surface area contributed by atoms with Gasteiger partial charge in [0, 0.05) is 17.6 Å². The molecule has 0 radical (unpaired) electrons. The maximum absolute atomic E-state index is 5.78. The minimum Gasteiger partial charge on any atom is -0.380 e. The van der Waals surface area contributed by atoms with Crippen LogP contribution in [0, 0.1) is 6.92 Å². The summed E-state index contributed by atoms with van der Waals surface area (Å²) in [5, 5.41) is 5.03. The molecule has 2 heterocycles. The third-order valence-electron chi connectivity index (χ3n) is 3.14. The van der Waals surface area contributed by atoms with Gasteiger partial charge in [-0.05, 0) is 36.8 Å². The van der Waals surface area contributed by atoms with Crippen LogP contribution in [0.5, 0.6) is 0 Å². The van der Waals surface area contributed by atoms with Crippen molar-refractivity contribution in [3.63, 3.8) is 0 Å². The Morgan fingerprint density at radius 2 is 2.00 bits per heavy atom. The number of halogens is 1. The smallest absolute Gasteiger partial charge is 0.129 e. The molecule has 0 spiro atoms. The molecule has 1 N–H and O–H groups in total. The van der Waals surface area contributed by atoms with Crippen LogP contribution in [-0.4, -0.2) is 9.97 Å². The Morgan fingerprint density at radius 1 is 1.15 bits per heavy atom. The predicted octanol–water partition coefficient (Wildman–Crippen LogP) is 4.20. The normalized spacial score (nSPS) is 10.7. The van der Waals surface area contributed by atoms with E-state index < -0.39 is 0 Å². The van der Waals surface area contributed by atoms with Crippen LogP contribution in [0.1, 0.15) is 11.3 Å². The molecule has 0 unspecified atom stereocenters. The van der Waals surface area contributed by atoms with Gasteiger partial charge in [0.2, 0.25) is 0 Å². The van der Waals surface area contributed by atoms with E-state index in [1.165, 1.54) is 10.9 Å². The molecule has 2 aromatic heterocycles. The van der Waals surface area contributed by atoms with Gasteiger partial charge in [0.05, 0.1) is 17.4 Å². The molecule has 0 atom stereocenters. The first kappa shape index (κ1) is 12.9. The number of benzene rings is 1. The first-order valence-corrected chi connectivity index (χ1v) is 6.81. The van der Waals surface area contributed by atoms with Crippen molar-refractivity contribution >= 4 is 28.2 Å². The Morgan fingerprint density at radius 3 is 2.80 bits per heavy atom. The molecular formula is C16H14ClN3. The fourth-order valence-corrected chi connectivity index (χ4v) is 2.33. The molecule has 0 aliphatic carbocycles. The molecule has 4 heteroatoms. The summed E-state index contributed by atoms with van der Waals surface area (Å²) in [6.45, 7) is 2.74. The quantitative estimate of drug-likeness (QED) is 0.732. The molecule has 20 heavy (non-hydrogen) atoms. The van der Waals surface area contributed by atoms with Crippen LogP contribution in [0.2, 0.25) is 5.15 Å². The zero-order valence-corrected chi connectivity index (χ0v) is 11.9. The van der Waals surface area contributed by atoms with E-state index in [4.69, 9.17) is 11.6 Å². The van der Waals surface area contributed by atoms with Crippen LogP contribution < -0.4 is 5.32 Å². The maximum Gasteiger partial charge on any atom is 0.129 e. The van der Waals surface area contributed by atoms with Gasteiger partial charge in [0.25, 0.3) is 0 Å². The van der Waals surface area contributed by atoms with Gasteiger partial charge in [-0.2, -0.15) is 0 Å². The molecule has 0 saturated carbocycles. The number of aromatic nitrogens is 2. The second-order valence-electron chi connectivity index (χ2n) is 4.66. The Bertz CT molecular complexity index is 738. The van der Waals surface area contributed by atoms with Crippen molar-refractivity contribution in [2.24, 2.45) is 0 Å². The molecule has 3 rings (SSSR count). The van der Waals surface area contributed by atoms with E-state index in [1.807, 2.05) is 31.2 Å². The van der Waals surface area contributed by atoms with Crippen molar-refractivity contribution in [3.8, 4) is 0 Å². The fraction of sp³-hybridized carbons (Fsp3) is 0.125. The van der Waals surface area contributed by atoms with Gasteiger partial charge in [-0.3, -0.25) is 4.98 Å². The van der Waals surface area contributed by atoms with E-state index in [2.05, 4.69) is 27.4 Å². The molecule has 1 aromatic carbocycles. The molecule has 3 nitrogen and oxygen atoms in total. The van der Waals surface area contributed by atoms with Gasteiger partial charge < -0.3 is 5.32 Å². The van der Waals surface area contributed by atoms with Crippen molar-refractivity contribution in [1.29, 1.82) is 0 Å². The van der Waals surface area contributed by atoms with Crippen LogP contribution in [0.4, 0.5) is 5.69 Å². The average Bonchev–Trinajstić information content (AvgIpc) is 2.46. The highest BCUT2D eigenvalue weighted by molar-refractivity contribution is 6.29. The van der Waals surface area contributed by atoms with Gasteiger partial charge in [-0.1, -0.05) is 29.8 Å². The molecule has 3 aromatic rings. The summed E-state index contributed by atoms with van der Waals surface area (Å²) in [7, 11) is 0. The minimum atomic E-state index is 0.501. The lowest BCUT2D eigenvalue weighted by Crippen LogP contribution is -2.02. The molecule has 0 fully saturated rings. The number of hydrogen-bond donors (Lipinski definition) is 1. The molecule has 100 valence electrons. The average molecular weight is 284 g/mol. The zero-order valence-electron chi connectivity index (χ0n) is 11.1. The van der Waals surface area contributed by atoms with Crippen molar-refractivity contribution in [3.05, 3.63) is 65.1 Å². The number of aryl methyl sites for hydroxylation is 1. The Labute approximate surface area is 122 Å². The summed E-state index contributed by atoms with van der Waals surface area (Å²) >= 11 is 5.78. The van der Waals surface area contributed by atoms with Crippen molar-refractivity contribution < 1.29 is 0 Å². The molecule has 0 bridgehead atoms. The lowest BCUT2D eigenvalue weighted by Gasteiger charge is -2.10. The van der Waals surface area contributed by atoms with E-state index >= 15 is 0 Å². The van der Waals surface area contributed by atoms with Crippen LogP contribution >= 0.6 is 11.6 Å².